The van der Waals surface area contributed by atoms with Crippen molar-refractivity contribution in [2.45, 2.75) is 44.2 Å². The van der Waals surface area contributed by atoms with E-state index in [1.165, 1.54) is 28.9 Å². The van der Waals surface area contributed by atoms with E-state index in [9.17, 15) is 34.8 Å². The molecule has 0 saturated heterocycles. The van der Waals surface area contributed by atoms with Crippen LogP contribution in [0.2, 0.25) is 0 Å². The highest BCUT2D eigenvalue weighted by Crippen LogP contribution is 2.47. The van der Waals surface area contributed by atoms with Crippen LogP contribution in [-0.4, -0.2) is 25.4 Å². The molecule has 6 nitrogen and oxygen atoms in total. The van der Waals surface area contributed by atoms with Crippen LogP contribution >= 0.6 is 0 Å². The topological polar surface area (TPSA) is 75.1 Å². The number of H-pyrrole nitrogens is 1. The van der Waals surface area contributed by atoms with E-state index in [0.29, 0.717) is 5.56 Å². The molecule has 1 saturated carbocycles. The highest BCUT2D eigenvalue weighted by Gasteiger charge is 2.49. The van der Waals surface area contributed by atoms with Gasteiger partial charge in [-0.3, -0.25) is 0 Å². The van der Waals surface area contributed by atoms with Gasteiger partial charge in [0.15, 0.2) is 12.3 Å². The van der Waals surface area contributed by atoms with Crippen LogP contribution in [0.4, 0.5) is 30.7 Å². The molecule has 2 aromatic carbocycles. The third-order valence-corrected chi connectivity index (χ3v) is 7.18. The van der Waals surface area contributed by atoms with E-state index in [1.54, 1.807) is 6.92 Å². The maximum atomic E-state index is 15.4. The molecule has 0 atom stereocenters. The highest BCUT2D eigenvalue weighted by atomic mass is 32.2. The maximum Gasteiger partial charge on any atom is 0.416 e. The van der Waals surface area contributed by atoms with Crippen molar-refractivity contribution in [3.05, 3.63) is 65.5 Å². The molecule has 0 bridgehead atoms. The summed E-state index contributed by atoms with van der Waals surface area (Å²) in [7, 11) is -4.67. The minimum Gasteiger partial charge on any atom is -0.434 e. The molecule has 0 aliphatic heterocycles. The van der Waals surface area contributed by atoms with Crippen molar-refractivity contribution < 1.29 is 48.6 Å². The van der Waals surface area contributed by atoms with Gasteiger partial charge in [-0.15, -0.1) is 9.78 Å². The number of halogens is 7. The average Bonchev–Trinajstić information content (AvgIpc) is 3.48. The van der Waals surface area contributed by atoms with E-state index in [0.717, 1.165) is 24.3 Å². The van der Waals surface area contributed by atoms with Gasteiger partial charge in [0.05, 0.1) is 16.7 Å². The first-order chi connectivity index (χ1) is 17.1. The number of ether oxygens (including phenoxy) is 1. The van der Waals surface area contributed by atoms with Gasteiger partial charge >= 0.3 is 12.4 Å². The molecular weight excluding hydrogens is 531 g/mol. The van der Waals surface area contributed by atoms with Gasteiger partial charge in [0.1, 0.15) is 5.75 Å². The molecule has 14 heteroatoms. The van der Waals surface area contributed by atoms with Crippen LogP contribution in [0, 0.1) is 5.82 Å². The SMILES string of the molecule is CC[n+]1[nH]c(Oc2ccc(C(F)(F)F)cc2)c(F)c1-c1cccc(C2(NS(=O)(=O)CC(F)(F)F)CC2)c1. The van der Waals surface area contributed by atoms with E-state index < -0.39 is 45.0 Å². The van der Waals surface area contributed by atoms with Crippen LogP contribution in [0.15, 0.2) is 48.5 Å². The molecule has 3 aromatic rings. The Labute approximate surface area is 207 Å². The second kappa shape index (κ2) is 9.31. The van der Waals surface area contributed by atoms with Crippen LogP contribution in [0.25, 0.3) is 11.3 Å². The summed E-state index contributed by atoms with van der Waals surface area (Å²) in [5.41, 5.74) is -1.46. The first-order valence-electron chi connectivity index (χ1n) is 11.0. The minimum absolute atomic E-state index is 0.0141. The van der Waals surface area contributed by atoms with Gasteiger partial charge in [0.2, 0.25) is 10.0 Å². The van der Waals surface area contributed by atoms with Crippen molar-refractivity contribution in [1.29, 1.82) is 0 Å². The number of aryl methyl sites for hydroxylation is 1. The monoisotopic (exact) mass is 552 g/mol. The molecule has 1 aliphatic carbocycles. The molecule has 1 aliphatic rings. The third-order valence-electron chi connectivity index (χ3n) is 5.77. The Morgan fingerprint density at radius 2 is 1.70 bits per heavy atom. The van der Waals surface area contributed by atoms with E-state index >= 15 is 4.39 Å². The number of aromatic amines is 1. The number of benzene rings is 2. The van der Waals surface area contributed by atoms with Crippen LogP contribution in [-0.2, 0) is 28.3 Å². The summed E-state index contributed by atoms with van der Waals surface area (Å²) in [5.74, 6) is -3.29. The minimum atomic E-state index is -4.91. The zero-order valence-corrected chi connectivity index (χ0v) is 20.0. The van der Waals surface area contributed by atoms with Gasteiger partial charge in [-0.1, -0.05) is 12.1 Å². The predicted molar refractivity (Wildman–Crippen MR) is 117 cm³/mol. The zero-order chi connectivity index (χ0) is 27.2. The van der Waals surface area contributed by atoms with Gasteiger partial charge in [0.25, 0.3) is 17.4 Å². The lowest BCUT2D eigenvalue weighted by Crippen LogP contribution is -2.40. The number of nitrogens with zero attached hydrogens (tertiary/aromatic N) is 1. The number of sulfonamides is 1. The molecule has 1 fully saturated rings. The number of hydrogen-bond donors (Lipinski definition) is 2. The van der Waals surface area contributed by atoms with Crippen LogP contribution in [0.3, 0.4) is 0 Å². The Morgan fingerprint density at radius 1 is 1.05 bits per heavy atom. The van der Waals surface area contributed by atoms with E-state index in [1.807, 2.05) is 0 Å². The zero-order valence-electron chi connectivity index (χ0n) is 19.2. The second-order valence-corrected chi connectivity index (χ2v) is 10.3. The smallest absolute Gasteiger partial charge is 0.416 e. The Kier molecular flexibility index (Phi) is 6.78. The predicted octanol–water partition coefficient (Wildman–Crippen LogP) is 5.41. The first kappa shape index (κ1) is 26.9. The molecule has 4 rings (SSSR count). The van der Waals surface area contributed by atoms with Crippen molar-refractivity contribution in [1.82, 2.24) is 9.82 Å². The summed E-state index contributed by atoms with van der Waals surface area (Å²) in [5, 5.41) is 2.69. The van der Waals surface area contributed by atoms with Crippen molar-refractivity contribution in [3.63, 3.8) is 0 Å². The Bertz CT molecular complexity index is 1390. The number of hydrogen-bond acceptors (Lipinski definition) is 3. The fourth-order valence-corrected chi connectivity index (χ4v) is 5.38. The Morgan fingerprint density at radius 3 is 2.24 bits per heavy atom. The summed E-state index contributed by atoms with van der Waals surface area (Å²) in [6.07, 6.45) is -8.92. The second-order valence-electron chi connectivity index (χ2n) is 8.61. The number of alkyl halides is 6. The average molecular weight is 552 g/mol. The van der Waals surface area contributed by atoms with Gasteiger partial charge in [0, 0.05) is 0 Å². The molecule has 1 heterocycles. The lowest BCUT2D eigenvalue weighted by molar-refractivity contribution is -0.737. The summed E-state index contributed by atoms with van der Waals surface area (Å²) < 4.78 is 125. The Hall–Kier alpha value is -3.13. The fraction of sp³-hybridized carbons (Fsp3) is 0.348. The molecule has 0 radical (unpaired) electrons. The molecule has 0 spiro atoms. The Balaban J connectivity index is 1.63. The van der Waals surface area contributed by atoms with Crippen molar-refractivity contribution in [3.8, 4) is 22.9 Å². The number of nitrogens with one attached hydrogen (secondary N) is 2. The van der Waals surface area contributed by atoms with E-state index in [-0.39, 0.29) is 42.3 Å². The van der Waals surface area contributed by atoms with Gasteiger partial charge in [-0.2, -0.15) is 30.7 Å². The summed E-state index contributed by atoms with van der Waals surface area (Å²) in [6, 6.07) is 9.74. The number of aromatic nitrogens is 2. The summed E-state index contributed by atoms with van der Waals surface area (Å²) >= 11 is 0. The van der Waals surface area contributed by atoms with Crippen molar-refractivity contribution in [2.75, 3.05) is 5.75 Å². The van der Waals surface area contributed by atoms with Crippen molar-refractivity contribution >= 4 is 10.0 Å². The molecule has 1 aromatic heterocycles. The molecule has 37 heavy (non-hydrogen) atoms. The van der Waals surface area contributed by atoms with E-state index in [2.05, 4.69) is 9.82 Å². The van der Waals surface area contributed by atoms with Crippen molar-refractivity contribution in [2.24, 2.45) is 0 Å². The fourth-order valence-electron chi connectivity index (χ4n) is 3.96. The first-order valence-corrected chi connectivity index (χ1v) is 12.6. The molecule has 200 valence electrons. The molecule has 0 amide bonds. The largest absolute Gasteiger partial charge is 0.434 e. The van der Waals surface area contributed by atoms with Gasteiger partial charge in [-0.05, 0) is 61.7 Å². The lowest BCUT2D eigenvalue weighted by atomic mass is 10.0. The van der Waals surface area contributed by atoms with Crippen LogP contribution < -0.4 is 14.1 Å². The summed E-state index contributed by atoms with van der Waals surface area (Å²) in [4.78, 5) is 0. The van der Waals surface area contributed by atoms with Gasteiger partial charge in [-0.25, -0.2) is 13.1 Å². The summed E-state index contributed by atoms with van der Waals surface area (Å²) in [6.45, 7) is 1.93. The molecular formula is C23H21F7N3O3S+. The maximum absolute atomic E-state index is 15.4. The molecule has 2 N–H and O–H groups in total. The standard InChI is InChI=1S/C23H20F7N3O3S/c1-2-33-19(18(24)20(31-33)36-17-8-6-15(7-9-17)23(28,29)30)14-4-3-5-16(12-14)21(10-11-21)32-37(34,35)13-22(25,26)27/h3-9,12,32H,2,10-11,13H2,1H3/p+1. The van der Waals surface area contributed by atoms with E-state index in [4.69, 9.17) is 4.74 Å². The molecule has 0 unspecified atom stereocenters. The van der Waals surface area contributed by atoms with Crippen LogP contribution in [0.5, 0.6) is 11.6 Å². The third kappa shape index (κ3) is 6.06. The van der Waals surface area contributed by atoms with Crippen LogP contribution in [0.1, 0.15) is 30.9 Å². The quantitative estimate of drug-likeness (QED) is 0.290. The number of rotatable bonds is 8. The lowest BCUT2D eigenvalue weighted by Gasteiger charge is -2.19. The normalized spacial score (nSPS) is 15.6. The highest BCUT2D eigenvalue weighted by molar-refractivity contribution is 7.89. The van der Waals surface area contributed by atoms with Gasteiger partial charge < -0.3 is 4.74 Å².